The van der Waals surface area contributed by atoms with Gasteiger partial charge in [0.1, 0.15) is 5.52 Å². The molecule has 86 valence electrons. The average molecular weight is 237 g/mol. The van der Waals surface area contributed by atoms with Gasteiger partial charge in [0.2, 0.25) is 0 Å². The first kappa shape index (κ1) is 11.2. The van der Waals surface area contributed by atoms with Crippen molar-refractivity contribution >= 4 is 32.9 Å². The molecule has 2 rings (SSSR count). The van der Waals surface area contributed by atoms with Crippen molar-refractivity contribution in [1.82, 2.24) is 4.98 Å². The predicted octanol–water partition coefficient (Wildman–Crippen LogP) is 2.33. The van der Waals surface area contributed by atoms with E-state index in [4.69, 9.17) is 10.5 Å². The number of ether oxygens (including phenoxy) is 1. The topological polar surface area (TPSA) is 60.2 Å². The predicted molar refractivity (Wildman–Crippen MR) is 69.0 cm³/mol. The van der Waals surface area contributed by atoms with Gasteiger partial charge in [-0.2, -0.15) is 0 Å². The number of hydrogen-bond acceptors (Lipinski definition) is 5. The van der Waals surface area contributed by atoms with Gasteiger partial charge < -0.3 is 15.8 Å². The second-order valence-corrected chi connectivity index (χ2v) is 4.54. The molecule has 16 heavy (non-hydrogen) atoms. The molecule has 1 aromatic carbocycles. The van der Waals surface area contributed by atoms with Crippen LogP contribution >= 0.6 is 11.3 Å². The standard InChI is InChI=1S/C11H15N3OS/c1-7(15-2)5-13-8-3-4-9-11(10(8)12)14-6-16-9/h3-4,6-7,13H,5,12H2,1-2H3. The van der Waals surface area contributed by atoms with Crippen molar-refractivity contribution in [2.45, 2.75) is 13.0 Å². The summed E-state index contributed by atoms with van der Waals surface area (Å²) in [6, 6.07) is 4.02. The van der Waals surface area contributed by atoms with Crippen molar-refractivity contribution in [2.24, 2.45) is 0 Å². The van der Waals surface area contributed by atoms with Gasteiger partial charge in [-0.25, -0.2) is 4.98 Å². The molecule has 0 radical (unpaired) electrons. The van der Waals surface area contributed by atoms with E-state index in [0.29, 0.717) is 5.69 Å². The van der Waals surface area contributed by atoms with Gasteiger partial charge in [-0.05, 0) is 19.1 Å². The van der Waals surface area contributed by atoms with Crippen molar-refractivity contribution in [3.05, 3.63) is 17.6 Å². The van der Waals surface area contributed by atoms with Crippen LogP contribution in [-0.4, -0.2) is 24.7 Å². The summed E-state index contributed by atoms with van der Waals surface area (Å²) in [5, 5.41) is 3.26. The first-order valence-electron chi connectivity index (χ1n) is 5.10. The Morgan fingerprint density at radius 2 is 2.38 bits per heavy atom. The molecule has 3 N–H and O–H groups in total. The molecular weight excluding hydrogens is 222 g/mol. The molecule has 0 aliphatic rings. The highest BCUT2D eigenvalue weighted by molar-refractivity contribution is 7.16. The van der Waals surface area contributed by atoms with Crippen molar-refractivity contribution in [2.75, 3.05) is 24.7 Å². The van der Waals surface area contributed by atoms with E-state index in [2.05, 4.69) is 10.3 Å². The summed E-state index contributed by atoms with van der Waals surface area (Å²) >= 11 is 1.60. The number of nitrogen functional groups attached to an aromatic ring is 1. The zero-order valence-electron chi connectivity index (χ0n) is 9.36. The van der Waals surface area contributed by atoms with E-state index >= 15 is 0 Å². The van der Waals surface area contributed by atoms with Crippen LogP contribution in [0.15, 0.2) is 17.6 Å². The molecule has 1 aromatic heterocycles. The molecule has 4 nitrogen and oxygen atoms in total. The molecule has 2 aromatic rings. The molecule has 0 saturated heterocycles. The summed E-state index contributed by atoms with van der Waals surface area (Å²) in [6.07, 6.45) is 0.158. The molecule has 0 aliphatic heterocycles. The third-order valence-corrected chi connectivity index (χ3v) is 3.32. The number of hydrogen-bond donors (Lipinski definition) is 2. The number of methoxy groups -OCH3 is 1. The van der Waals surface area contributed by atoms with Crippen molar-refractivity contribution in [3.63, 3.8) is 0 Å². The molecule has 0 aliphatic carbocycles. The van der Waals surface area contributed by atoms with Gasteiger partial charge in [0.15, 0.2) is 0 Å². The monoisotopic (exact) mass is 237 g/mol. The Labute approximate surface area is 98.4 Å². The normalized spacial score (nSPS) is 12.9. The molecule has 0 amide bonds. The van der Waals surface area contributed by atoms with E-state index in [1.807, 2.05) is 24.6 Å². The van der Waals surface area contributed by atoms with E-state index in [0.717, 1.165) is 22.4 Å². The zero-order valence-corrected chi connectivity index (χ0v) is 10.2. The summed E-state index contributed by atoms with van der Waals surface area (Å²) in [5.74, 6) is 0. The van der Waals surface area contributed by atoms with Crippen LogP contribution in [0, 0.1) is 0 Å². The number of nitrogens with two attached hydrogens (primary N) is 1. The maximum atomic E-state index is 6.03. The van der Waals surface area contributed by atoms with Crippen LogP contribution in [0.25, 0.3) is 10.2 Å². The van der Waals surface area contributed by atoms with Gasteiger partial charge >= 0.3 is 0 Å². The first-order valence-corrected chi connectivity index (χ1v) is 5.98. The SMILES string of the molecule is COC(C)CNc1ccc2scnc2c1N. The molecule has 1 heterocycles. The largest absolute Gasteiger partial charge is 0.395 e. The minimum absolute atomic E-state index is 0.158. The second-order valence-electron chi connectivity index (χ2n) is 3.65. The smallest absolute Gasteiger partial charge is 0.106 e. The number of aromatic nitrogens is 1. The number of nitrogens with zero attached hydrogens (tertiary/aromatic N) is 1. The maximum Gasteiger partial charge on any atom is 0.106 e. The van der Waals surface area contributed by atoms with Crippen LogP contribution in [0.2, 0.25) is 0 Å². The van der Waals surface area contributed by atoms with Gasteiger partial charge in [0.25, 0.3) is 0 Å². The molecule has 1 atom stereocenters. The molecule has 0 bridgehead atoms. The van der Waals surface area contributed by atoms with E-state index in [9.17, 15) is 0 Å². The molecule has 0 fully saturated rings. The lowest BCUT2D eigenvalue weighted by Gasteiger charge is -2.13. The third kappa shape index (κ3) is 2.10. The number of nitrogens with one attached hydrogen (secondary N) is 1. The molecule has 0 saturated carbocycles. The van der Waals surface area contributed by atoms with E-state index in [1.165, 1.54) is 0 Å². The van der Waals surface area contributed by atoms with Crippen molar-refractivity contribution < 1.29 is 4.74 Å². The number of anilines is 2. The van der Waals surface area contributed by atoms with Crippen LogP contribution < -0.4 is 11.1 Å². The fourth-order valence-corrected chi connectivity index (χ4v) is 2.14. The summed E-state index contributed by atoms with van der Waals surface area (Å²) in [6.45, 7) is 2.74. The van der Waals surface area contributed by atoms with Crippen LogP contribution in [0.1, 0.15) is 6.92 Å². The van der Waals surface area contributed by atoms with Crippen LogP contribution in [-0.2, 0) is 4.74 Å². The molecule has 1 unspecified atom stereocenters. The fourth-order valence-electron chi connectivity index (χ4n) is 1.44. The highest BCUT2D eigenvalue weighted by atomic mass is 32.1. The van der Waals surface area contributed by atoms with Crippen LogP contribution in [0.5, 0.6) is 0 Å². The quantitative estimate of drug-likeness (QED) is 0.801. The number of benzene rings is 1. The Hall–Kier alpha value is -1.33. The maximum absolute atomic E-state index is 6.03. The zero-order chi connectivity index (χ0) is 11.5. The van der Waals surface area contributed by atoms with Gasteiger partial charge in [-0.1, -0.05) is 0 Å². The first-order chi connectivity index (χ1) is 7.72. The Bertz CT molecular complexity index is 483. The third-order valence-electron chi connectivity index (χ3n) is 2.52. The second kappa shape index (κ2) is 4.67. The summed E-state index contributed by atoms with van der Waals surface area (Å²) in [4.78, 5) is 4.25. The van der Waals surface area contributed by atoms with Gasteiger partial charge in [0, 0.05) is 13.7 Å². The Kier molecular flexibility index (Phi) is 3.26. The van der Waals surface area contributed by atoms with Crippen molar-refractivity contribution in [1.29, 1.82) is 0 Å². The number of rotatable bonds is 4. The number of thiazole rings is 1. The Morgan fingerprint density at radius 1 is 1.56 bits per heavy atom. The molecular formula is C11H15N3OS. The Balaban J connectivity index is 2.21. The highest BCUT2D eigenvalue weighted by Crippen LogP contribution is 2.29. The van der Waals surface area contributed by atoms with E-state index in [1.54, 1.807) is 18.4 Å². The van der Waals surface area contributed by atoms with E-state index < -0.39 is 0 Å². The minimum Gasteiger partial charge on any atom is -0.395 e. The van der Waals surface area contributed by atoms with Crippen LogP contribution in [0.3, 0.4) is 0 Å². The average Bonchev–Trinajstić information content (AvgIpc) is 2.76. The van der Waals surface area contributed by atoms with Gasteiger partial charge in [0.05, 0.1) is 27.7 Å². The minimum atomic E-state index is 0.158. The lowest BCUT2D eigenvalue weighted by atomic mass is 10.2. The van der Waals surface area contributed by atoms with E-state index in [-0.39, 0.29) is 6.10 Å². The lowest BCUT2D eigenvalue weighted by molar-refractivity contribution is 0.129. The van der Waals surface area contributed by atoms with Crippen molar-refractivity contribution in [3.8, 4) is 0 Å². The Morgan fingerprint density at radius 3 is 3.12 bits per heavy atom. The summed E-state index contributed by atoms with van der Waals surface area (Å²) in [7, 11) is 1.69. The fraction of sp³-hybridized carbons (Fsp3) is 0.364. The summed E-state index contributed by atoms with van der Waals surface area (Å²) < 4.78 is 6.28. The number of fused-ring (bicyclic) bond motifs is 1. The molecule has 5 heteroatoms. The van der Waals surface area contributed by atoms with Crippen LogP contribution in [0.4, 0.5) is 11.4 Å². The molecule has 0 spiro atoms. The lowest BCUT2D eigenvalue weighted by Crippen LogP contribution is -2.18. The van der Waals surface area contributed by atoms with Gasteiger partial charge in [-0.3, -0.25) is 0 Å². The highest BCUT2D eigenvalue weighted by Gasteiger charge is 2.07. The summed E-state index contributed by atoms with van der Waals surface area (Å²) in [5.41, 5.74) is 10.3. The van der Waals surface area contributed by atoms with Gasteiger partial charge in [-0.15, -0.1) is 11.3 Å².